The average molecular weight is 443 g/mol. The lowest BCUT2D eigenvalue weighted by atomic mass is 10.00. The molecule has 1 N–H and O–H groups in total. The van der Waals surface area contributed by atoms with Gasteiger partial charge >= 0.3 is 5.97 Å². The average Bonchev–Trinajstić information content (AvgIpc) is 3.11. The van der Waals surface area contributed by atoms with E-state index in [2.05, 4.69) is 27.2 Å². The standard InChI is InChI=1S/C19H23BrO7/c1-10(17(22)23-4)13(21)14-15(16-18(25-14)27-19(2,3)26-16)24-9-11-7-5-6-8-12(11)20/h5-8,13-16,18,21H,1,9H2,2-4H3/t13-,14+,15-,16+,18+/m0/s1. The highest BCUT2D eigenvalue weighted by Crippen LogP contribution is 2.40. The molecule has 2 heterocycles. The molecule has 148 valence electrons. The summed E-state index contributed by atoms with van der Waals surface area (Å²) in [4.78, 5) is 11.7. The molecule has 0 bridgehead atoms. The number of ether oxygens (including phenoxy) is 5. The van der Waals surface area contributed by atoms with Crippen LogP contribution >= 0.6 is 15.9 Å². The van der Waals surface area contributed by atoms with Crippen LogP contribution in [0.2, 0.25) is 0 Å². The minimum atomic E-state index is -1.32. The molecule has 7 nitrogen and oxygen atoms in total. The Balaban J connectivity index is 1.79. The van der Waals surface area contributed by atoms with Crippen LogP contribution < -0.4 is 0 Å². The number of fused-ring (bicyclic) bond motifs is 1. The maximum atomic E-state index is 11.7. The van der Waals surface area contributed by atoms with Gasteiger partial charge in [0, 0.05) is 4.47 Å². The molecule has 0 aromatic heterocycles. The molecule has 0 aliphatic carbocycles. The van der Waals surface area contributed by atoms with Gasteiger partial charge in [0.1, 0.15) is 24.4 Å². The third-order valence-electron chi connectivity index (χ3n) is 4.53. The van der Waals surface area contributed by atoms with E-state index in [1.165, 1.54) is 7.11 Å². The summed E-state index contributed by atoms with van der Waals surface area (Å²) in [6.45, 7) is 7.42. The predicted octanol–water partition coefficient (Wildman–Crippen LogP) is 2.30. The van der Waals surface area contributed by atoms with E-state index in [1.54, 1.807) is 13.8 Å². The van der Waals surface area contributed by atoms with E-state index in [1.807, 2.05) is 24.3 Å². The molecule has 0 unspecified atom stereocenters. The second kappa shape index (κ2) is 7.98. The second-order valence-corrected chi connectivity index (χ2v) is 7.75. The van der Waals surface area contributed by atoms with Crippen molar-refractivity contribution >= 4 is 21.9 Å². The fourth-order valence-corrected chi connectivity index (χ4v) is 3.60. The summed E-state index contributed by atoms with van der Waals surface area (Å²) < 4.78 is 29.1. The molecule has 2 saturated heterocycles. The largest absolute Gasteiger partial charge is 0.466 e. The molecule has 2 fully saturated rings. The van der Waals surface area contributed by atoms with Crippen LogP contribution in [0, 0.1) is 0 Å². The predicted molar refractivity (Wildman–Crippen MR) is 98.6 cm³/mol. The molecule has 2 aliphatic rings. The van der Waals surface area contributed by atoms with Gasteiger partial charge in [-0.1, -0.05) is 40.7 Å². The van der Waals surface area contributed by atoms with Crippen LogP contribution in [0.1, 0.15) is 19.4 Å². The molecule has 5 atom stereocenters. The number of hydrogen-bond acceptors (Lipinski definition) is 7. The first-order valence-electron chi connectivity index (χ1n) is 8.55. The lowest BCUT2D eigenvalue weighted by molar-refractivity contribution is -0.228. The van der Waals surface area contributed by atoms with E-state index < -0.39 is 42.5 Å². The smallest absolute Gasteiger partial charge is 0.335 e. The Kier molecular flexibility index (Phi) is 6.05. The van der Waals surface area contributed by atoms with Gasteiger partial charge in [-0.3, -0.25) is 0 Å². The molecule has 0 spiro atoms. The maximum Gasteiger partial charge on any atom is 0.335 e. The van der Waals surface area contributed by atoms with Crippen LogP contribution in [0.25, 0.3) is 0 Å². The number of aliphatic hydroxyl groups is 1. The Bertz CT molecular complexity index is 720. The monoisotopic (exact) mass is 442 g/mol. The summed E-state index contributed by atoms with van der Waals surface area (Å²) >= 11 is 3.48. The van der Waals surface area contributed by atoms with Crippen molar-refractivity contribution in [3.63, 3.8) is 0 Å². The number of carbonyl (C=O) groups is 1. The van der Waals surface area contributed by atoms with Crippen molar-refractivity contribution in [2.45, 2.75) is 56.9 Å². The van der Waals surface area contributed by atoms with E-state index in [0.717, 1.165) is 10.0 Å². The highest BCUT2D eigenvalue weighted by atomic mass is 79.9. The van der Waals surface area contributed by atoms with E-state index in [-0.39, 0.29) is 12.2 Å². The molecular formula is C19H23BrO7. The SMILES string of the molecule is C=C(C(=O)OC)[C@H](O)[C@H]1O[C@@H]2OC(C)(C)O[C@@H]2[C@H]1OCc1ccccc1Br. The summed E-state index contributed by atoms with van der Waals surface area (Å²) in [5, 5.41) is 10.6. The molecule has 8 heteroatoms. The van der Waals surface area contributed by atoms with Crippen LogP contribution in [-0.2, 0) is 35.1 Å². The summed E-state index contributed by atoms with van der Waals surface area (Å²) in [5.74, 6) is -1.55. The summed E-state index contributed by atoms with van der Waals surface area (Å²) in [7, 11) is 1.22. The molecule has 27 heavy (non-hydrogen) atoms. The summed E-state index contributed by atoms with van der Waals surface area (Å²) in [6, 6.07) is 7.65. The molecule has 0 radical (unpaired) electrons. The van der Waals surface area contributed by atoms with E-state index >= 15 is 0 Å². The van der Waals surface area contributed by atoms with E-state index in [9.17, 15) is 9.90 Å². The number of rotatable bonds is 6. The first kappa shape index (κ1) is 20.4. The highest BCUT2D eigenvalue weighted by molar-refractivity contribution is 9.10. The van der Waals surface area contributed by atoms with Crippen LogP contribution in [0.4, 0.5) is 0 Å². The third-order valence-corrected chi connectivity index (χ3v) is 5.31. The zero-order valence-electron chi connectivity index (χ0n) is 15.4. The molecule has 0 saturated carbocycles. The molecule has 0 amide bonds. The fraction of sp³-hybridized carbons (Fsp3) is 0.526. The van der Waals surface area contributed by atoms with Gasteiger partial charge in [-0.05, 0) is 25.5 Å². The molecule has 1 aromatic rings. The number of hydrogen-bond donors (Lipinski definition) is 1. The lowest BCUT2D eigenvalue weighted by Gasteiger charge is -2.29. The Labute approximate surface area is 166 Å². The van der Waals surface area contributed by atoms with Crippen molar-refractivity contribution in [2.24, 2.45) is 0 Å². The second-order valence-electron chi connectivity index (χ2n) is 6.90. The van der Waals surface area contributed by atoms with Crippen LogP contribution in [0.5, 0.6) is 0 Å². The molecule has 1 aromatic carbocycles. The molecule has 3 rings (SSSR count). The zero-order valence-corrected chi connectivity index (χ0v) is 17.0. The quantitative estimate of drug-likeness (QED) is 0.534. The molecular weight excluding hydrogens is 420 g/mol. The lowest BCUT2D eigenvalue weighted by Crippen LogP contribution is -2.44. The Morgan fingerprint density at radius 3 is 2.74 bits per heavy atom. The maximum absolute atomic E-state index is 11.7. The summed E-state index contributed by atoms with van der Waals surface area (Å²) in [6.07, 6.45) is -4.13. The fourth-order valence-electron chi connectivity index (χ4n) is 3.20. The number of benzene rings is 1. The minimum absolute atomic E-state index is 0.115. The number of esters is 1. The number of aliphatic hydroxyl groups excluding tert-OH is 1. The number of methoxy groups -OCH3 is 1. The Morgan fingerprint density at radius 2 is 2.07 bits per heavy atom. The van der Waals surface area contributed by atoms with Crippen molar-refractivity contribution in [2.75, 3.05) is 7.11 Å². The number of carbonyl (C=O) groups excluding carboxylic acids is 1. The van der Waals surface area contributed by atoms with Gasteiger partial charge in [-0.25, -0.2) is 4.79 Å². The van der Waals surface area contributed by atoms with Gasteiger partial charge in [0.2, 0.25) is 0 Å². The first-order valence-corrected chi connectivity index (χ1v) is 9.34. The number of halogens is 1. The van der Waals surface area contributed by atoms with Crippen LogP contribution in [0.15, 0.2) is 40.9 Å². The first-order chi connectivity index (χ1) is 12.7. The van der Waals surface area contributed by atoms with Gasteiger partial charge in [0.15, 0.2) is 12.1 Å². The zero-order chi connectivity index (χ0) is 19.8. The van der Waals surface area contributed by atoms with Gasteiger partial charge in [0.05, 0.1) is 19.3 Å². The van der Waals surface area contributed by atoms with E-state index in [4.69, 9.17) is 18.9 Å². The van der Waals surface area contributed by atoms with E-state index in [0.29, 0.717) is 0 Å². The Morgan fingerprint density at radius 1 is 1.37 bits per heavy atom. The molecule has 2 aliphatic heterocycles. The van der Waals surface area contributed by atoms with Crippen molar-refractivity contribution in [1.29, 1.82) is 0 Å². The Hall–Kier alpha value is -1.29. The van der Waals surface area contributed by atoms with Crippen molar-refractivity contribution in [3.8, 4) is 0 Å². The van der Waals surface area contributed by atoms with Crippen molar-refractivity contribution < 1.29 is 33.6 Å². The van der Waals surface area contributed by atoms with Gasteiger partial charge in [0.25, 0.3) is 0 Å². The van der Waals surface area contributed by atoms with Crippen molar-refractivity contribution in [3.05, 3.63) is 46.5 Å². The highest BCUT2D eigenvalue weighted by Gasteiger charge is 2.57. The van der Waals surface area contributed by atoms with Crippen molar-refractivity contribution in [1.82, 2.24) is 0 Å². The van der Waals surface area contributed by atoms with Gasteiger partial charge in [-0.15, -0.1) is 0 Å². The minimum Gasteiger partial charge on any atom is -0.466 e. The van der Waals surface area contributed by atoms with Crippen LogP contribution in [0.3, 0.4) is 0 Å². The normalized spacial score (nSPS) is 30.0. The van der Waals surface area contributed by atoms with Gasteiger partial charge < -0.3 is 28.8 Å². The third kappa shape index (κ3) is 4.26. The van der Waals surface area contributed by atoms with Gasteiger partial charge in [-0.2, -0.15) is 0 Å². The van der Waals surface area contributed by atoms with Crippen LogP contribution in [-0.4, -0.2) is 54.7 Å². The summed E-state index contributed by atoms with van der Waals surface area (Å²) in [5.41, 5.74) is 0.815. The topological polar surface area (TPSA) is 83.5 Å².